The van der Waals surface area contributed by atoms with Gasteiger partial charge in [0.15, 0.2) is 0 Å². The molecular weight excluding hydrogens is 310 g/mol. The SMILES string of the molecule is O=C(O)c1cn(CC2=NCCN2)c2cc(Br)ccc12. The van der Waals surface area contributed by atoms with E-state index in [0.29, 0.717) is 12.1 Å². The molecule has 1 aliphatic heterocycles. The molecule has 0 saturated carbocycles. The summed E-state index contributed by atoms with van der Waals surface area (Å²) in [7, 11) is 0. The number of hydrogen-bond acceptors (Lipinski definition) is 3. The number of aromatic carboxylic acids is 1. The monoisotopic (exact) mass is 321 g/mol. The lowest BCUT2D eigenvalue weighted by molar-refractivity contribution is 0.0699. The third-order valence-electron chi connectivity index (χ3n) is 3.14. The number of carboxylic acid groups (broad SMARTS) is 1. The third kappa shape index (κ3) is 2.23. The Kier molecular flexibility index (Phi) is 3.02. The number of rotatable bonds is 3. The summed E-state index contributed by atoms with van der Waals surface area (Å²) in [6.45, 7) is 2.20. The maximum absolute atomic E-state index is 11.3. The van der Waals surface area contributed by atoms with Crippen molar-refractivity contribution in [2.24, 2.45) is 4.99 Å². The summed E-state index contributed by atoms with van der Waals surface area (Å²) in [4.78, 5) is 15.6. The molecule has 2 heterocycles. The van der Waals surface area contributed by atoms with E-state index in [0.717, 1.165) is 34.3 Å². The summed E-state index contributed by atoms with van der Waals surface area (Å²) in [6, 6.07) is 5.60. The lowest BCUT2D eigenvalue weighted by Crippen LogP contribution is -2.23. The van der Waals surface area contributed by atoms with Gasteiger partial charge in [0.1, 0.15) is 5.84 Å². The van der Waals surface area contributed by atoms with Crippen LogP contribution in [0.1, 0.15) is 10.4 Å². The van der Waals surface area contributed by atoms with Gasteiger partial charge in [-0.05, 0) is 12.1 Å². The molecule has 0 aliphatic carbocycles. The van der Waals surface area contributed by atoms with Crippen LogP contribution in [0.15, 0.2) is 33.9 Å². The summed E-state index contributed by atoms with van der Waals surface area (Å²) in [5.41, 5.74) is 1.21. The fourth-order valence-corrected chi connectivity index (χ4v) is 2.63. The molecule has 2 aromatic rings. The first-order valence-electron chi connectivity index (χ1n) is 5.94. The molecule has 0 unspecified atom stereocenters. The molecular formula is C13H12BrN3O2. The van der Waals surface area contributed by atoms with Gasteiger partial charge in [0.05, 0.1) is 24.2 Å². The van der Waals surface area contributed by atoms with Crippen LogP contribution < -0.4 is 5.32 Å². The van der Waals surface area contributed by atoms with Crippen molar-refractivity contribution in [3.63, 3.8) is 0 Å². The van der Waals surface area contributed by atoms with Crippen molar-refractivity contribution < 1.29 is 9.90 Å². The summed E-state index contributed by atoms with van der Waals surface area (Å²) >= 11 is 3.42. The molecule has 0 fully saturated rings. The zero-order chi connectivity index (χ0) is 13.4. The maximum atomic E-state index is 11.3. The zero-order valence-electron chi connectivity index (χ0n) is 10.1. The van der Waals surface area contributed by atoms with Gasteiger partial charge in [-0.2, -0.15) is 0 Å². The van der Waals surface area contributed by atoms with Crippen molar-refractivity contribution >= 4 is 38.6 Å². The van der Waals surface area contributed by atoms with Crippen LogP contribution in [-0.2, 0) is 6.54 Å². The van der Waals surface area contributed by atoms with Crippen molar-refractivity contribution in [2.75, 3.05) is 13.1 Å². The Balaban J connectivity index is 2.12. The van der Waals surface area contributed by atoms with E-state index in [1.54, 1.807) is 6.20 Å². The zero-order valence-corrected chi connectivity index (χ0v) is 11.6. The van der Waals surface area contributed by atoms with Crippen LogP contribution in [0.5, 0.6) is 0 Å². The van der Waals surface area contributed by atoms with E-state index < -0.39 is 5.97 Å². The number of aromatic nitrogens is 1. The Hall–Kier alpha value is -1.82. The lowest BCUT2D eigenvalue weighted by Gasteiger charge is -2.06. The molecule has 5 nitrogen and oxygen atoms in total. The van der Waals surface area contributed by atoms with Gasteiger partial charge >= 0.3 is 5.97 Å². The maximum Gasteiger partial charge on any atom is 0.337 e. The van der Waals surface area contributed by atoms with Crippen LogP contribution in [-0.4, -0.2) is 34.6 Å². The second-order valence-electron chi connectivity index (χ2n) is 4.39. The molecule has 1 aliphatic rings. The quantitative estimate of drug-likeness (QED) is 0.909. The number of aliphatic imine (C=N–C) groups is 1. The molecule has 0 radical (unpaired) electrons. The highest BCUT2D eigenvalue weighted by Crippen LogP contribution is 2.25. The minimum Gasteiger partial charge on any atom is -0.478 e. The van der Waals surface area contributed by atoms with Crippen LogP contribution in [0.3, 0.4) is 0 Å². The second-order valence-corrected chi connectivity index (χ2v) is 5.31. The molecule has 0 atom stereocenters. The molecule has 0 bridgehead atoms. The third-order valence-corrected chi connectivity index (χ3v) is 3.63. The van der Waals surface area contributed by atoms with Crippen molar-refractivity contribution in [1.82, 2.24) is 9.88 Å². The predicted octanol–water partition coefficient (Wildman–Crippen LogP) is 2.10. The van der Waals surface area contributed by atoms with Gasteiger partial charge in [-0.25, -0.2) is 4.79 Å². The van der Waals surface area contributed by atoms with Gasteiger partial charge in [-0.1, -0.05) is 22.0 Å². The molecule has 98 valence electrons. The number of nitrogens with zero attached hydrogens (tertiary/aromatic N) is 2. The number of fused-ring (bicyclic) bond motifs is 1. The van der Waals surface area contributed by atoms with Gasteiger partial charge in [0, 0.05) is 22.6 Å². The van der Waals surface area contributed by atoms with Gasteiger partial charge in [-0.15, -0.1) is 0 Å². The molecule has 0 amide bonds. The number of benzene rings is 1. The number of amidine groups is 1. The topological polar surface area (TPSA) is 66.6 Å². The van der Waals surface area contributed by atoms with Gasteiger partial charge in [0.2, 0.25) is 0 Å². The van der Waals surface area contributed by atoms with Crippen LogP contribution >= 0.6 is 15.9 Å². The average molecular weight is 322 g/mol. The van der Waals surface area contributed by atoms with E-state index in [1.807, 2.05) is 22.8 Å². The Morgan fingerprint density at radius 3 is 3.05 bits per heavy atom. The summed E-state index contributed by atoms with van der Waals surface area (Å²) in [5.74, 6) is -0.0128. The minimum absolute atomic E-state index is 0.320. The number of carboxylic acids is 1. The lowest BCUT2D eigenvalue weighted by atomic mass is 10.2. The molecule has 19 heavy (non-hydrogen) atoms. The van der Waals surface area contributed by atoms with Crippen LogP contribution in [0.25, 0.3) is 10.9 Å². The predicted molar refractivity (Wildman–Crippen MR) is 76.9 cm³/mol. The van der Waals surface area contributed by atoms with Crippen LogP contribution in [0.4, 0.5) is 0 Å². The molecule has 0 saturated heterocycles. The normalized spacial score (nSPS) is 14.5. The fourth-order valence-electron chi connectivity index (χ4n) is 2.28. The Bertz CT molecular complexity index is 690. The van der Waals surface area contributed by atoms with Gasteiger partial charge < -0.3 is 15.0 Å². The fraction of sp³-hybridized carbons (Fsp3) is 0.231. The van der Waals surface area contributed by atoms with Crippen molar-refractivity contribution in [1.29, 1.82) is 0 Å². The molecule has 6 heteroatoms. The highest BCUT2D eigenvalue weighted by atomic mass is 79.9. The van der Waals surface area contributed by atoms with E-state index in [9.17, 15) is 9.90 Å². The highest BCUT2D eigenvalue weighted by molar-refractivity contribution is 9.10. The standard InChI is InChI=1S/C13H12BrN3O2/c14-8-1-2-9-10(13(18)19)6-17(11(9)5-8)7-12-15-3-4-16-12/h1-2,5-6H,3-4,7H2,(H,15,16)(H,18,19). The number of hydrogen-bond donors (Lipinski definition) is 2. The van der Waals surface area contributed by atoms with E-state index in [4.69, 9.17) is 0 Å². The largest absolute Gasteiger partial charge is 0.478 e. The van der Waals surface area contributed by atoms with Gasteiger partial charge in [0.25, 0.3) is 0 Å². The first-order valence-corrected chi connectivity index (χ1v) is 6.73. The van der Waals surface area contributed by atoms with Crippen molar-refractivity contribution in [3.05, 3.63) is 34.4 Å². The van der Waals surface area contributed by atoms with Gasteiger partial charge in [-0.3, -0.25) is 4.99 Å². The molecule has 3 rings (SSSR count). The van der Waals surface area contributed by atoms with Crippen molar-refractivity contribution in [3.8, 4) is 0 Å². The molecule has 2 N–H and O–H groups in total. The first kappa shape index (κ1) is 12.2. The van der Waals surface area contributed by atoms with Crippen LogP contribution in [0.2, 0.25) is 0 Å². The Morgan fingerprint density at radius 1 is 1.53 bits per heavy atom. The summed E-state index contributed by atoms with van der Waals surface area (Å²) in [5, 5.41) is 13.2. The Labute approximate surface area is 118 Å². The van der Waals surface area contributed by atoms with E-state index in [1.165, 1.54) is 0 Å². The minimum atomic E-state index is -0.910. The first-order chi connectivity index (χ1) is 9.15. The molecule has 0 spiro atoms. The second kappa shape index (κ2) is 4.70. The Morgan fingerprint density at radius 2 is 2.37 bits per heavy atom. The number of carbonyl (C=O) groups is 1. The molecule has 1 aromatic carbocycles. The van der Waals surface area contributed by atoms with Crippen LogP contribution in [0, 0.1) is 0 Å². The summed E-state index contributed by atoms with van der Waals surface area (Å²) in [6.07, 6.45) is 1.67. The van der Waals surface area contributed by atoms with E-state index >= 15 is 0 Å². The highest BCUT2D eigenvalue weighted by Gasteiger charge is 2.16. The summed E-state index contributed by atoms with van der Waals surface area (Å²) < 4.78 is 2.85. The van der Waals surface area contributed by atoms with E-state index in [-0.39, 0.29) is 0 Å². The number of nitrogens with one attached hydrogen (secondary N) is 1. The van der Waals surface area contributed by atoms with E-state index in [2.05, 4.69) is 26.2 Å². The number of halogens is 1. The average Bonchev–Trinajstić information content (AvgIpc) is 2.98. The molecule has 1 aromatic heterocycles. The van der Waals surface area contributed by atoms with Crippen molar-refractivity contribution in [2.45, 2.75) is 6.54 Å². The smallest absolute Gasteiger partial charge is 0.337 e.